The first-order valence-electron chi connectivity index (χ1n) is 7.04. The van der Waals surface area contributed by atoms with E-state index in [1.165, 1.54) is 18.2 Å². The zero-order valence-electron chi connectivity index (χ0n) is 12.2. The molecule has 1 aromatic heterocycles. The summed E-state index contributed by atoms with van der Waals surface area (Å²) in [6.07, 6.45) is -9.29. The van der Waals surface area contributed by atoms with E-state index in [-0.39, 0.29) is 31.0 Å². The minimum atomic E-state index is -4.49. The van der Waals surface area contributed by atoms with Gasteiger partial charge < -0.3 is 10.1 Å². The third-order valence-corrected chi connectivity index (χ3v) is 3.58. The molecule has 1 amide bonds. The molecule has 0 saturated heterocycles. The highest BCUT2D eigenvalue weighted by Gasteiger charge is 2.49. The van der Waals surface area contributed by atoms with E-state index in [0.717, 1.165) is 0 Å². The molecule has 0 spiro atoms. The van der Waals surface area contributed by atoms with Gasteiger partial charge in [-0.05, 0) is 18.9 Å². The minimum absolute atomic E-state index is 0.102. The summed E-state index contributed by atoms with van der Waals surface area (Å²) < 4.78 is 77.7. The van der Waals surface area contributed by atoms with Crippen LogP contribution in [0.2, 0.25) is 0 Å². The molecule has 1 saturated carbocycles. The Morgan fingerprint density at radius 3 is 2.46 bits per heavy atom. The van der Waals surface area contributed by atoms with Gasteiger partial charge in [-0.25, -0.2) is 4.98 Å². The predicted octanol–water partition coefficient (Wildman–Crippen LogP) is 3.23. The van der Waals surface area contributed by atoms with Crippen LogP contribution in [0, 0.1) is 11.8 Å². The van der Waals surface area contributed by atoms with E-state index in [9.17, 15) is 31.1 Å². The van der Waals surface area contributed by atoms with Crippen molar-refractivity contribution in [2.75, 3.05) is 6.61 Å². The fourth-order valence-corrected chi connectivity index (χ4v) is 2.21. The molecule has 2 rings (SSSR count). The summed E-state index contributed by atoms with van der Waals surface area (Å²) in [5.41, 5.74) is 0.245. The van der Waals surface area contributed by atoms with Gasteiger partial charge in [0.2, 0.25) is 11.8 Å². The van der Waals surface area contributed by atoms with Gasteiger partial charge in [-0.3, -0.25) is 4.79 Å². The van der Waals surface area contributed by atoms with Crippen LogP contribution >= 0.6 is 0 Å². The van der Waals surface area contributed by atoms with Crippen molar-refractivity contribution >= 4 is 5.91 Å². The van der Waals surface area contributed by atoms with E-state index in [1.54, 1.807) is 0 Å². The number of nitrogens with zero attached hydrogens (tertiary/aromatic N) is 1. The van der Waals surface area contributed by atoms with Crippen LogP contribution in [-0.4, -0.2) is 29.9 Å². The number of rotatable bonds is 5. The smallest absolute Gasteiger partial charge is 0.422 e. The number of aromatic nitrogens is 1. The lowest BCUT2D eigenvalue weighted by atomic mass is 9.74. The van der Waals surface area contributed by atoms with E-state index >= 15 is 0 Å². The second-order valence-electron chi connectivity index (χ2n) is 5.50. The first-order chi connectivity index (χ1) is 11.0. The summed E-state index contributed by atoms with van der Waals surface area (Å²) in [4.78, 5) is 15.5. The Hall–Kier alpha value is -2.00. The number of halogens is 6. The van der Waals surface area contributed by atoms with Crippen molar-refractivity contribution in [1.29, 1.82) is 0 Å². The van der Waals surface area contributed by atoms with E-state index < -0.39 is 36.7 Å². The summed E-state index contributed by atoms with van der Waals surface area (Å²) in [6, 6.07) is 4.10. The average molecular weight is 356 g/mol. The molecule has 134 valence electrons. The molecule has 0 aromatic carbocycles. The maximum Gasteiger partial charge on any atom is 0.422 e. The van der Waals surface area contributed by atoms with Gasteiger partial charge in [0, 0.05) is 12.0 Å². The van der Waals surface area contributed by atoms with Crippen molar-refractivity contribution in [3.05, 3.63) is 23.9 Å². The zero-order chi connectivity index (χ0) is 18.0. The average Bonchev–Trinajstić information content (AvgIpc) is 2.39. The summed E-state index contributed by atoms with van der Waals surface area (Å²) in [5, 5.41) is 2.43. The number of pyridine rings is 1. The Labute approximate surface area is 133 Å². The van der Waals surface area contributed by atoms with Crippen molar-refractivity contribution in [3.63, 3.8) is 0 Å². The Morgan fingerprint density at radius 2 is 1.88 bits per heavy atom. The van der Waals surface area contributed by atoms with Crippen LogP contribution in [0.3, 0.4) is 0 Å². The van der Waals surface area contributed by atoms with Crippen LogP contribution < -0.4 is 10.1 Å². The van der Waals surface area contributed by atoms with Gasteiger partial charge in [0.05, 0.1) is 18.2 Å². The number of carbonyl (C=O) groups excluding carboxylic acids is 1. The van der Waals surface area contributed by atoms with Crippen molar-refractivity contribution in [2.45, 2.75) is 31.7 Å². The van der Waals surface area contributed by atoms with E-state index in [0.29, 0.717) is 0 Å². The monoisotopic (exact) mass is 356 g/mol. The molecular formula is C14H14F6N2O2. The molecule has 4 nitrogen and oxygen atoms in total. The molecule has 10 heteroatoms. The molecule has 1 aliphatic rings. The van der Waals surface area contributed by atoms with Crippen LogP contribution in [-0.2, 0) is 11.3 Å². The van der Waals surface area contributed by atoms with E-state index in [4.69, 9.17) is 0 Å². The highest BCUT2D eigenvalue weighted by molar-refractivity contribution is 5.79. The second-order valence-corrected chi connectivity index (χ2v) is 5.50. The van der Waals surface area contributed by atoms with Gasteiger partial charge in [0.15, 0.2) is 6.61 Å². The normalized spacial score (nSPS) is 21.1. The van der Waals surface area contributed by atoms with Crippen molar-refractivity contribution in [1.82, 2.24) is 10.3 Å². The van der Waals surface area contributed by atoms with Gasteiger partial charge in [-0.1, -0.05) is 6.07 Å². The third-order valence-electron chi connectivity index (χ3n) is 3.58. The number of nitrogens with one attached hydrogen (secondary N) is 1. The fraction of sp³-hybridized carbons (Fsp3) is 0.571. The Kier molecular flexibility index (Phi) is 5.24. The number of alkyl halides is 6. The highest BCUT2D eigenvalue weighted by atomic mass is 19.4. The number of carbonyl (C=O) groups is 1. The lowest BCUT2D eigenvalue weighted by Crippen LogP contribution is -2.43. The lowest BCUT2D eigenvalue weighted by Gasteiger charge is -2.35. The first kappa shape index (κ1) is 18.3. The molecule has 1 aliphatic carbocycles. The summed E-state index contributed by atoms with van der Waals surface area (Å²) in [5.74, 6) is -2.94. The summed E-state index contributed by atoms with van der Waals surface area (Å²) in [7, 11) is 0. The number of ether oxygens (including phenoxy) is 1. The zero-order valence-corrected chi connectivity index (χ0v) is 12.2. The Balaban J connectivity index is 1.79. The maximum atomic E-state index is 12.4. The van der Waals surface area contributed by atoms with Crippen LogP contribution in [0.25, 0.3) is 0 Å². The minimum Gasteiger partial charge on any atom is -0.468 e. The van der Waals surface area contributed by atoms with Crippen LogP contribution in [0.15, 0.2) is 18.2 Å². The molecule has 0 atom stereocenters. The standard InChI is InChI=1S/C14H14F6N2O2/c15-13(16,17)7-24-11-3-1-2-10(22-11)6-21-12(23)8-4-9(5-8)14(18,19)20/h1-3,8-9H,4-7H2,(H,21,23). The molecule has 1 heterocycles. The number of hydrogen-bond donors (Lipinski definition) is 1. The van der Waals surface area contributed by atoms with E-state index in [2.05, 4.69) is 15.0 Å². The molecule has 0 unspecified atom stereocenters. The van der Waals surface area contributed by atoms with Crippen LogP contribution in [0.4, 0.5) is 26.3 Å². The topological polar surface area (TPSA) is 51.2 Å². The lowest BCUT2D eigenvalue weighted by molar-refractivity contribution is -0.204. The second kappa shape index (κ2) is 6.86. The largest absolute Gasteiger partial charge is 0.468 e. The van der Waals surface area contributed by atoms with Crippen molar-refractivity contribution < 1.29 is 35.9 Å². The summed E-state index contributed by atoms with van der Waals surface area (Å²) >= 11 is 0. The molecule has 0 bridgehead atoms. The van der Waals surface area contributed by atoms with Gasteiger partial charge in [0.1, 0.15) is 0 Å². The molecule has 1 fully saturated rings. The molecular weight excluding hydrogens is 342 g/mol. The van der Waals surface area contributed by atoms with Gasteiger partial charge >= 0.3 is 12.4 Å². The van der Waals surface area contributed by atoms with E-state index in [1.807, 2.05) is 0 Å². The van der Waals surface area contributed by atoms with Crippen molar-refractivity contribution in [3.8, 4) is 5.88 Å². The Morgan fingerprint density at radius 1 is 1.21 bits per heavy atom. The first-order valence-corrected chi connectivity index (χ1v) is 7.04. The predicted molar refractivity (Wildman–Crippen MR) is 69.9 cm³/mol. The van der Waals surface area contributed by atoms with Gasteiger partial charge in [0.25, 0.3) is 0 Å². The summed E-state index contributed by atoms with van der Waals surface area (Å²) in [6.45, 7) is -1.59. The maximum absolute atomic E-state index is 12.4. The molecule has 24 heavy (non-hydrogen) atoms. The number of hydrogen-bond acceptors (Lipinski definition) is 3. The van der Waals surface area contributed by atoms with Crippen LogP contribution in [0.1, 0.15) is 18.5 Å². The number of amides is 1. The third kappa shape index (κ3) is 5.27. The Bertz CT molecular complexity index is 581. The van der Waals surface area contributed by atoms with Gasteiger partial charge in [-0.15, -0.1) is 0 Å². The quantitative estimate of drug-likeness (QED) is 0.825. The van der Waals surface area contributed by atoms with Gasteiger partial charge in [-0.2, -0.15) is 26.3 Å². The molecule has 1 N–H and O–H groups in total. The molecule has 0 aliphatic heterocycles. The molecule has 1 aromatic rings. The SMILES string of the molecule is O=C(NCc1cccc(OCC(F)(F)F)n1)C1CC(C(F)(F)F)C1. The van der Waals surface area contributed by atoms with Crippen LogP contribution in [0.5, 0.6) is 5.88 Å². The van der Waals surface area contributed by atoms with Crippen molar-refractivity contribution in [2.24, 2.45) is 11.8 Å². The fourth-order valence-electron chi connectivity index (χ4n) is 2.21. The highest BCUT2D eigenvalue weighted by Crippen LogP contribution is 2.44. The molecule has 0 radical (unpaired) electrons.